The normalized spacial score (nSPS) is 10.8. The minimum absolute atomic E-state index is 0.138. The molecular weight excluding hydrogens is 344 g/mol. The molecule has 0 spiro atoms. The van der Waals surface area contributed by atoms with E-state index in [9.17, 15) is 4.79 Å². The summed E-state index contributed by atoms with van der Waals surface area (Å²) in [6, 6.07) is 7.70. The van der Waals surface area contributed by atoms with Crippen molar-refractivity contribution < 1.29 is 4.79 Å². The van der Waals surface area contributed by atoms with Gasteiger partial charge in [-0.3, -0.25) is 4.79 Å². The molecule has 0 aliphatic heterocycles. The smallest absolute Gasteiger partial charge is 0.240 e. The lowest BCUT2D eigenvalue weighted by atomic mass is 10.2. The number of primary amides is 1. The molecule has 7 nitrogen and oxygen atoms in total. The minimum Gasteiger partial charge on any atom is -0.369 e. The second kappa shape index (κ2) is 7.06. The van der Waals surface area contributed by atoms with E-state index in [-0.39, 0.29) is 5.75 Å². The third-order valence-corrected chi connectivity index (χ3v) is 3.40. The van der Waals surface area contributed by atoms with Gasteiger partial charge in [0.15, 0.2) is 0 Å². The van der Waals surface area contributed by atoms with Crippen molar-refractivity contribution in [2.45, 2.75) is 5.16 Å². The van der Waals surface area contributed by atoms with Crippen LogP contribution in [0.3, 0.4) is 0 Å². The highest BCUT2D eigenvalue weighted by Gasteiger charge is 2.04. The number of halogens is 1. The molecule has 1 aromatic carbocycles. The van der Waals surface area contributed by atoms with E-state index in [4.69, 9.17) is 5.73 Å². The predicted octanol–water partition coefficient (Wildman–Crippen LogP) is 1.59. The van der Waals surface area contributed by atoms with Gasteiger partial charge in [-0.2, -0.15) is 10.1 Å². The fraction of sp³-hybridized carbons (Fsp3) is 0.0909. The first-order valence-electron chi connectivity index (χ1n) is 5.51. The summed E-state index contributed by atoms with van der Waals surface area (Å²) < 4.78 is 0.978. The molecule has 0 saturated heterocycles. The summed E-state index contributed by atoms with van der Waals surface area (Å²) in [6.45, 7) is 0. The number of thioether (sulfide) groups is 1. The first kappa shape index (κ1) is 14.5. The van der Waals surface area contributed by atoms with Gasteiger partial charge in [0.2, 0.25) is 17.0 Å². The van der Waals surface area contributed by atoms with Crippen molar-refractivity contribution in [1.29, 1.82) is 0 Å². The summed E-state index contributed by atoms with van der Waals surface area (Å²) >= 11 is 4.54. The number of nitrogens with one attached hydrogen (secondary N) is 2. The van der Waals surface area contributed by atoms with Crippen molar-refractivity contribution in [2.24, 2.45) is 10.8 Å². The Balaban J connectivity index is 1.89. The monoisotopic (exact) mass is 354 g/mol. The van der Waals surface area contributed by atoms with Gasteiger partial charge in [-0.15, -0.1) is 5.10 Å². The third-order valence-electron chi connectivity index (χ3n) is 2.04. The maximum Gasteiger partial charge on any atom is 0.240 e. The molecule has 1 aromatic heterocycles. The van der Waals surface area contributed by atoms with Crippen LogP contribution in [0.2, 0.25) is 0 Å². The predicted molar refractivity (Wildman–Crippen MR) is 81.7 cm³/mol. The SMILES string of the molecule is NC(=O)CSc1n[nH]c(N/N=C/c2cccc(Br)c2)n1. The first-order chi connectivity index (χ1) is 9.63. The zero-order valence-corrected chi connectivity index (χ0v) is 12.6. The Kier molecular flexibility index (Phi) is 5.13. The molecule has 4 N–H and O–H groups in total. The van der Waals surface area contributed by atoms with Crippen LogP contribution in [0.15, 0.2) is 39.0 Å². The van der Waals surface area contributed by atoms with Crippen LogP contribution in [0.25, 0.3) is 0 Å². The van der Waals surface area contributed by atoms with Gasteiger partial charge in [0.1, 0.15) is 0 Å². The molecule has 0 aliphatic carbocycles. The molecule has 20 heavy (non-hydrogen) atoms. The van der Waals surface area contributed by atoms with Crippen molar-refractivity contribution in [3.05, 3.63) is 34.3 Å². The zero-order valence-electron chi connectivity index (χ0n) is 10.2. The number of carbonyl (C=O) groups excluding carboxylic acids is 1. The summed E-state index contributed by atoms with van der Waals surface area (Å²) in [5.41, 5.74) is 8.69. The number of aromatic amines is 1. The van der Waals surface area contributed by atoms with Crippen molar-refractivity contribution in [3.8, 4) is 0 Å². The van der Waals surface area contributed by atoms with E-state index < -0.39 is 5.91 Å². The van der Waals surface area contributed by atoms with E-state index in [1.807, 2.05) is 24.3 Å². The van der Waals surface area contributed by atoms with Gasteiger partial charge in [-0.25, -0.2) is 10.5 Å². The number of benzene rings is 1. The number of anilines is 1. The molecule has 0 unspecified atom stereocenters. The van der Waals surface area contributed by atoms with Gasteiger partial charge >= 0.3 is 0 Å². The Morgan fingerprint density at radius 1 is 1.60 bits per heavy atom. The molecule has 0 saturated carbocycles. The summed E-state index contributed by atoms with van der Waals surface area (Å²) in [7, 11) is 0. The van der Waals surface area contributed by atoms with Crippen molar-refractivity contribution in [3.63, 3.8) is 0 Å². The number of nitrogens with zero attached hydrogens (tertiary/aromatic N) is 3. The highest BCUT2D eigenvalue weighted by molar-refractivity contribution is 9.10. The fourth-order valence-corrected chi connectivity index (χ4v) is 2.21. The number of amides is 1. The molecule has 0 fully saturated rings. The minimum atomic E-state index is -0.415. The zero-order chi connectivity index (χ0) is 14.4. The van der Waals surface area contributed by atoms with Crippen molar-refractivity contribution in [2.75, 3.05) is 11.2 Å². The van der Waals surface area contributed by atoms with Gasteiger partial charge in [-0.05, 0) is 17.7 Å². The van der Waals surface area contributed by atoms with Crippen LogP contribution in [0.5, 0.6) is 0 Å². The molecule has 0 bridgehead atoms. The van der Waals surface area contributed by atoms with E-state index in [2.05, 4.69) is 41.6 Å². The molecule has 2 aromatic rings. The molecule has 104 valence electrons. The largest absolute Gasteiger partial charge is 0.369 e. The van der Waals surface area contributed by atoms with Crippen molar-refractivity contribution in [1.82, 2.24) is 15.2 Å². The average Bonchev–Trinajstić information content (AvgIpc) is 2.84. The lowest BCUT2D eigenvalue weighted by Gasteiger charge is -1.95. The topological polar surface area (TPSA) is 109 Å². The molecule has 1 heterocycles. The maximum atomic E-state index is 10.6. The van der Waals surface area contributed by atoms with E-state index >= 15 is 0 Å². The Morgan fingerprint density at radius 2 is 2.45 bits per heavy atom. The molecule has 0 radical (unpaired) electrons. The summed E-state index contributed by atoms with van der Waals surface area (Å²) in [5.74, 6) is 0.115. The summed E-state index contributed by atoms with van der Waals surface area (Å²) in [4.78, 5) is 14.7. The standard InChI is InChI=1S/C11H11BrN6OS/c12-8-3-1-2-7(4-8)5-14-16-10-15-11(18-17-10)20-6-9(13)19/h1-5H,6H2,(H2,13,19)(H2,15,16,17,18)/b14-5+. The quantitative estimate of drug-likeness (QED) is 0.414. The number of hydrogen-bond donors (Lipinski definition) is 3. The van der Waals surface area contributed by atoms with Gasteiger partial charge in [-0.1, -0.05) is 39.8 Å². The van der Waals surface area contributed by atoms with Crippen LogP contribution in [0.4, 0.5) is 5.95 Å². The van der Waals surface area contributed by atoms with Crippen LogP contribution in [-0.4, -0.2) is 33.1 Å². The third kappa shape index (κ3) is 4.67. The maximum absolute atomic E-state index is 10.6. The van der Waals surface area contributed by atoms with Gasteiger partial charge < -0.3 is 5.73 Å². The number of hydrogen-bond acceptors (Lipinski definition) is 6. The van der Waals surface area contributed by atoms with E-state index in [0.29, 0.717) is 11.1 Å². The Bertz CT molecular complexity index is 629. The van der Waals surface area contributed by atoms with Crippen LogP contribution in [0.1, 0.15) is 5.56 Å². The van der Waals surface area contributed by atoms with E-state index in [0.717, 1.165) is 21.8 Å². The second-order valence-electron chi connectivity index (χ2n) is 3.65. The molecule has 0 atom stereocenters. The number of nitrogens with two attached hydrogens (primary N) is 1. The number of aromatic nitrogens is 3. The molecule has 0 aliphatic rings. The van der Waals surface area contributed by atoms with Crippen molar-refractivity contribution >= 4 is 45.8 Å². The van der Waals surface area contributed by atoms with E-state index in [1.165, 1.54) is 0 Å². The highest BCUT2D eigenvalue weighted by Crippen LogP contribution is 2.13. The number of hydrazone groups is 1. The summed E-state index contributed by atoms with van der Waals surface area (Å²) in [5, 5.41) is 11.0. The van der Waals surface area contributed by atoms with Gasteiger partial charge in [0.25, 0.3) is 0 Å². The van der Waals surface area contributed by atoms with Crippen LogP contribution >= 0.6 is 27.7 Å². The van der Waals surface area contributed by atoms with Crippen LogP contribution < -0.4 is 11.2 Å². The number of H-pyrrole nitrogens is 1. The number of rotatable bonds is 6. The highest BCUT2D eigenvalue weighted by atomic mass is 79.9. The second-order valence-corrected chi connectivity index (χ2v) is 5.50. The lowest BCUT2D eigenvalue weighted by Crippen LogP contribution is -2.13. The average molecular weight is 355 g/mol. The molecule has 2 rings (SSSR count). The van der Waals surface area contributed by atoms with Gasteiger partial charge in [0, 0.05) is 4.47 Å². The Labute approximate surface area is 127 Å². The Morgan fingerprint density at radius 3 is 3.20 bits per heavy atom. The first-order valence-corrected chi connectivity index (χ1v) is 7.29. The van der Waals surface area contributed by atoms with Crippen LogP contribution in [0, 0.1) is 0 Å². The van der Waals surface area contributed by atoms with Gasteiger partial charge in [0.05, 0.1) is 12.0 Å². The molecule has 1 amide bonds. The molecule has 9 heteroatoms. The Hall–Kier alpha value is -1.87. The lowest BCUT2D eigenvalue weighted by molar-refractivity contribution is -0.115. The fourth-order valence-electron chi connectivity index (χ4n) is 1.25. The summed E-state index contributed by atoms with van der Waals surface area (Å²) in [6.07, 6.45) is 1.66. The molecular formula is C11H11BrN6OS. The number of carbonyl (C=O) groups is 1. The van der Waals surface area contributed by atoms with E-state index in [1.54, 1.807) is 6.21 Å². The van der Waals surface area contributed by atoms with Crippen LogP contribution in [-0.2, 0) is 4.79 Å².